The Bertz CT molecular complexity index is 720. The van der Waals surface area contributed by atoms with E-state index in [-0.39, 0.29) is 12.3 Å². The van der Waals surface area contributed by atoms with Crippen molar-refractivity contribution in [3.63, 3.8) is 0 Å². The highest BCUT2D eigenvalue weighted by Gasteiger charge is 2.17. The minimum atomic E-state index is -0.814. The molecule has 2 aromatic rings. The number of carboxylic acids is 1. The van der Waals surface area contributed by atoms with Crippen LogP contribution in [0.3, 0.4) is 0 Å². The number of carbonyl (C=O) groups is 2. The number of aliphatic carboxylic acids is 1. The molecule has 0 bridgehead atoms. The van der Waals surface area contributed by atoms with Crippen molar-refractivity contribution < 1.29 is 14.7 Å². The van der Waals surface area contributed by atoms with Crippen LogP contribution in [0.4, 0.5) is 5.69 Å². The van der Waals surface area contributed by atoms with Gasteiger partial charge < -0.3 is 10.4 Å². The third kappa shape index (κ3) is 5.16. The Balaban J connectivity index is 2.05. The maximum atomic E-state index is 12.5. The van der Waals surface area contributed by atoms with Gasteiger partial charge in [0.05, 0.1) is 10.7 Å². The molecule has 2 N–H and O–H groups in total. The quantitative estimate of drug-likeness (QED) is 0.796. The van der Waals surface area contributed by atoms with E-state index in [0.717, 1.165) is 22.7 Å². The molecule has 128 valence electrons. The van der Waals surface area contributed by atoms with Crippen LogP contribution in [-0.2, 0) is 17.6 Å². The van der Waals surface area contributed by atoms with Gasteiger partial charge in [0.15, 0.2) is 0 Å². The molecule has 1 aromatic carbocycles. The summed E-state index contributed by atoms with van der Waals surface area (Å²) in [6.07, 6.45) is 1.36. The zero-order chi connectivity index (χ0) is 17.7. The number of aromatic nitrogens is 1. The van der Waals surface area contributed by atoms with Gasteiger partial charge in [-0.1, -0.05) is 26.0 Å². The molecule has 0 radical (unpaired) electrons. The largest absolute Gasteiger partial charge is 0.481 e. The second-order valence-electron chi connectivity index (χ2n) is 6.15. The van der Waals surface area contributed by atoms with Crippen LogP contribution in [0.5, 0.6) is 0 Å². The monoisotopic (exact) mass is 346 g/mol. The minimum Gasteiger partial charge on any atom is -0.481 e. The van der Waals surface area contributed by atoms with Gasteiger partial charge in [-0.25, -0.2) is 4.98 Å². The predicted octanol–water partition coefficient (Wildman–Crippen LogP) is 3.92. The number of benzene rings is 1. The molecule has 0 spiro atoms. The lowest BCUT2D eigenvalue weighted by atomic mass is 10.1. The zero-order valence-corrected chi connectivity index (χ0v) is 14.9. The molecule has 0 unspecified atom stereocenters. The first kappa shape index (κ1) is 18.1. The third-order valence-electron chi connectivity index (χ3n) is 3.45. The van der Waals surface area contributed by atoms with Crippen molar-refractivity contribution in [3.05, 3.63) is 45.4 Å². The first-order valence-electron chi connectivity index (χ1n) is 7.93. The van der Waals surface area contributed by atoms with E-state index >= 15 is 0 Å². The van der Waals surface area contributed by atoms with Crippen LogP contribution in [-0.4, -0.2) is 22.0 Å². The number of amides is 1. The summed E-state index contributed by atoms with van der Waals surface area (Å²) >= 11 is 1.41. The summed E-state index contributed by atoms with van der Waals surface area (Å²) in [5.41, 5.74) is 2.48. The smallest absolute Gasteiger partial charge is 0.303 e. The Hall–Kier alpha value is -2.21. The molecular formula is C18H22N2O3S. The molecule has 0 saturated carbocycles. The van der Waals surface area contributed by atoms with E-state index < -0.39 is 5.97 Å². The first-order chi connectivity index (χ1) is 11.3. The van der Waals surface area contributed by atoms with E-state index in [9.17, 15) is 9.59 Å². The summed E-state index contributed by atoms with van der Waals surface area (Å²) in [6, 6.07) is 7.27. The summed E-state index contributed by atoms with van der Waals surface area (Å²) in [7, 11) is 0. The number of hydrogen-bond acceptors (Lipinski definition) is 4. The molecule has 0 aliphatic rings. The SMILES string of the molecule is Cc1nc(CC(C)C)c(C(=O)Nc2ccc(CCC(=O)O)cc2)s1. The molecule has 0 saturated heterocycles. The Morgan fingerprint density at radius 3 is 2.50 bits per heavy atom. The topological polar surface area (TPSA) is 79.3 Å². The lowest BCUT2D eigenvalue weighted by Crippen LogP contribution is -2.13. The van der Waals surface area contributed by atoms with Crippen LogP contribution in [0.15, 0.2) is 24.3 Å². The lowest BCUT2D eigenvalue weighted by molar-refractivity contribution is -0.136. The van der Waals surface area contributed by atoms with Gasteiger partial charge in [0.2, 0.25) is 0 Å². The van der Waals surface area contributed by atoms with Crippen molar-refractivity contribution in [2.45, 2.75) is 40.0 Å². The summed E-state index contributed by atoms with van der Waals surface area (Å²) in [6.45, 7) is 6.11. The van der Waals surface area contributed by atoms with Crippen molar-refractivity contribution >= 4 is 28.9 Å². The van der Waals surface area contributed by atoms with Gasteiger partial charge in [-0.15, -0.1) is 11.3 Å². The molecule has 1 heterocycles. The Morgan fingerprint density at radius 2 is 1.92 bits per heavy atom. The van der Waals surface area contributed by atoms with Gasteiger partial charge in [0, 0.05) is 12.1 Å². The highest BCUT2D eigenvalue weighted by molar-refractivity contribution is 7.13. The van der Waals surface area contributed by atoms with Crippen LogP contribution in [0.1, 0.15) is 46.2 Å². The van der Waals surface area contributed by atoms with E-state index in [1.165, 1.54) is 11.3 Å². The number of carboxylic acid groups (broad SMARTS) is 1. The second-order valence-corrected chi connectivity index (χ2v) is 7.35. The Kier molecular flexibility index (Phi) is 6.09. The van der Waals surface area contributed by atoms with Crippen LogP contribution in [0.2, 0.25) is 0 Å². The van der Waals surface area contributed by atoms with Crippen molar-refractivity contribution in [1.82, 2.24) is 4.98 Å². The number of aryl methyl sites for hydroxylation is 2. The van der Waals surface area contributed by atoms with Crippen LogP contribution in [0, 0.1) is 12.8 Å². The predicted molar refractivity (Wildman–Crippen MR) is 95.7 cm³/mol. The number of carbonyl (C=O) groups excluding carboxylic acids is 1. The van der Waals surface area contributed by atoms with Crippen LogP contribution >= 0.6 is 11.3 Å². The summed E-state index contributed by atoms with van der Waals surface area (Å²) in [5.74, 6) is -0.522. The molecule has 0 atom stereocenters. The third-order valence-corrected chi connectivity index (χ3v) is 4.46. The molecule has 1 aromatic heterocycles. The number of hydrogen-bond donors (Lipinski definition) is 2. The standard InChI is InChI=1S/C18H22N2O3S/c1-11(2)10-15-17(24-12(3)19-15)18(23)20-14-7-4-13(5-8-14)6-9-16(21)22/h4-5,7-8,11H,6,9-10H2,1-3H3,(H,20,23)(H,21,22). The first-order valence-corrected chi connectivity index (χ1v) is 8.75. The molecule has 5 nitrogen and oxygen atoms in total. The van der Waals surface area contributed by atoms with E-state index in [4.69, 9.17) is 5.11 Å². The van der Waals surface area contributed by atoms with Gasteiger partial charge in [-0.3, -0.25) is 9.59 Å². The second kappa shape index (κ2) is 8.06. The maximum absolute atomic E-state index is 12.5. The number of rotatable bonds is 7. The molecule has 0 aliphatic carbocycles. The van der Waals surface area contributed by atoms with Crippen LogP contribution < -0.4 is 5.32 Å². The highest BCUT2D eigenvalue weighted by Crippen LogP contribution is 2.22. The van der Waals surface area contributed by atoms with Gasteiger partial charge in [0.25, 0.3) is 5.91 Å². The van der Waals surface area contributed by atoms with E-state index in [1.807, 2.05) is 19.1 Å². The number of anilines is 1. The summed E-state index contributed by atoms with van der Waals surface area (Å²) < 4.78 is 0. The van der Waals surface area contributed by atoms with Crippen molar-refractivity contribution in [2.24, 2.45) is 5.92 Å². The average Bonchev–Trinajstić information content (AvgIpc) is 2.86. The number of nitrogens with zero attached hydrogens (tertiary/aromatic N) is 1. The summed E-state index contributed by atoms with van der Waals surface area (Å²) in [4.78, 5) is 28.2. The molecule has 0 aliphatic heterocycles. The fraction of sp³-hybridized carbons (Fsp3) is 0.389. The molecule has 2 rings (SSSR count). The van der Waals surface area contributed by atoms with Crippen LogP contribution in [0.25, 0.3) is 0 Å². The molecule has 6 heteroatoms. The molecule has 24 heavy (non-hydrogen) atoms. The number of thiazole rings is 1. The summed E-state index contributed by atoms with van der Waals surface area (Å²) in [5, 5.41) is 12.5. The molecular weight excluding hydrogens is 324 g/mol. The average molecular weight is 346 g/mol. The Labute approximate surface area is 145 Å². The van der Waals surface area contributed by atoms with Gasteiger partial charge >= 0.3 is 5.97 Å². The highest BCUT2D eigenvalue weighted by atomic mass is 32.1. The lowest BCUT2D eigenvalue weighted by Gasteiger charge is -2.07. The van der Waals surface area contributed by atoms with E-state index in [0.29, 0.717) is 22.9 Å². The zero-order valence-electron chi connectivity index (χ0n) is 14.1. The maximum Gasteiger partial charge on any atom is 0.303 e. The molecule has 1 amide bonds. The normalized spacial score (nSPS) is 10.8. The fourth-order valence-electron chi connectivity index (χ4n) is 2.37. The van der Waals surface area contributed by atoms with Crippen molar-refractivity contribution in [2.75, 3.05) is 5.32 Å². The minimum absolute atomic E-state index is 0.102. The van der Waals surface area contributed by atoms with Crippen molar-refractivity contribution in [3.8, 4) is 0 Å². The van der Waals surface area contributed by atoms with E-state index in [1.54, 1.807) is 12.1 Å². The number of nitrogens with one attached hydrogen (secondary N) is 1. The fourth-order valence-corrected chi connectivity index (χ4v) is 3.21. The van der Waals surface area contributed by atoms with Gasteiger partial charge in [0.1, 0.15) is 4.88 Å². The Morgan fingerprint density at radius 1 is 1.25 bits per heavy atom. The molecule has 0 fully saturated rings. The van der Waals surface area contributed by atoms with E-state index in [2.05, 4.69) is 24.1 Å². The van der Waals surface area contributed by atoms with Crippen molar-refractivity contribution in [1.29, 1.82) is 0 Å². The van der Waals surface area contributed by atoms with Gasteiger partial charge in [-0.2, -0.15) is 0 Å². The van der Waals surface area contributed by atoms with Gasteiger partial charge in [-0.05, 0) is 43.4 Å².